The summed E-state index contributed by atoms with van der Waals surface area (Å²) in [7, 11) is 1.73. The van der Waals surface area contributed by atoms with Crippen molar-refractivity contribution in [2.24, 2.45) is 5.84 Å². The van der Waals surface area contributed by atoms with E-state index >= 15 is 0 Å². The van der Waals surface area contributed by atoms with Gasteiger partial charge in [0.25, 0.3) is 0 Å². The first-order valence-electron chi connectivity index (χ1n) is 4.14. The van der Waals surface area contributed by atoms with E-state index in [-0.39, 0.29) is 0 Å². The molecule has 0 aliphatic heterocycles. The summed E-state index contributed by atoms with van der Waals surface area (Å²) in [5, 5.41) is 0. The summed E-state index contributed by atoms with van der Waals surface area (Å²) >= 11 is 1.11. The lowest BCUT2D eigenvalue weighted by atomic mass is 10.2. The SMILES string of the molecule is CCc1cccc(OSN(C)N)c1. The predicted molar refractivity (Wildman–Crippen MR) is 56.0 cm³/mol. The van der Waals surface area contributed by atoms with E-state index < -0.39 is 0 Å². The maximum atomic E-state index is 5.38. The maximum Gasteiger partial charge on any atom is 0.161 e. The fourth-order valence-electron chi connectivity index (χ4n) is 0.919. The highest BCUT2D eigenvalue weighted by Gasteiger charge is 1.97. The highest BCUT2D eigenvalue weighted by molar-refractivity contribution is 7.92. The molecular formula is C9H14N2OS. The molecule has 0 heterocycles. The van der Waals surface area contributed by atoms with Crippen LogP contribution in [0.1, 0.15) is 12.5 Å². The maximum absolute atomic E-state index is 5.38. The summed E-state index contributed by atoms with van der Waals surface area (Å²) in [4.78, 5) is 0. The molecule has 3 nitrogen and oxygen atoms in total. The van der Waals surface area contributed by atoms with Crippen molar-refractivity contribution in [3.05, 3.63) is 29.8 Å². The molecule has 0 saturated carbocycles. The normalized spacial score (nSPS) is 10.5. The molecule has 1 aromatic rings. The number of hydrogen-bond acceptors (Lipinski definition) is 4. The molecule has 0 unspecified atom stereocenters. The van der Waals surface area contributed by atoms with Crippen molar-refractivity contribution in [2.45, 2.75) is 13.3 Å². The Labute approximate surface area is 83.2 Å². The van der Waals surface area contributed by atoms with Gasteiger partial charge in [-0.15, -0.1) is 0 Å². The van der Waals surface area contributed by atoms with E-state index in [1.54, 1.807) is 7.05 Å². The zero-order valence-electron chi connectivity index (χ0n) is 7.86. The van der Waals surface area contributed by atoms with Crippen LogP contribution < -0.4 is 10.0 Å². The van der Waals surface area contributed by atoms with Gasteiger partial charge in [-0.2, -0.15) is 4.41 Å². The summed E-state index contributed by atoms with van der Waals surface area (Å²) in [6.07, 6.45) is 1.01. The van der Waals surface area contributed by atoms with Crippen LogP contribution in [0.4, 0.5) is 0 Å². The largest absolute Gasteiger partial charge is 0.409 e. The topological polar surface area (TPSA) is 38.5 Å². The fourth-order valence-corrected chi connectivity index (χ4v) is 1.23. The molecule has 1 aromatic carbocycles. The molecule has 0 saturated heterocycles. The standard InChI is InChI=1S/C9H14N2OS/c1-3-8-5-4-6-9(7-8)12-13-11(2)10/h4-7H,3,10H2,1-2H3. The molecule has 13 heavy (non-hydrogen) atoms. The number of hydrazine groups is 1. The van der Waals surface area contributed by atoms with Gasteiger partial charge < -0.3 is 4.18 Å². The Bertz CT molecular complexity index is 266. The van der Waals surface area contributed by atoms with E-state index in [9.17, 15) is 0 Å². The summed E-state index contributed by atoms with van der Waals surface area (Å²) in [5.74, 6) is 6.22. The Morgan fingerprint density at radius 3 is 2.92 bits per heavy atom. The molecule has 0 radical (unpaired) electrons. The van der Waals surface area contributed by atoms with Crippen LogP contribution in [0.25, 0.3) is 0 Å². The Balaban J connectivity index is 2.56. The molecule has 4 heteroatoms. The minimum absolute atomic E-state index is 0.835. The summed E-state index contributed by atoms with van der Waals surface area (Å²) in [6.45, 7) is 2.11. The average molecular weight is 198 g/mol. The van der Waals surface area contributed by atoms with E-state index in [1.807, 2.05) is 18.2 Å². The smallest absolute Gasteiger partial charge is 0.161 e. The van der Waals surface area contributed by atoms with E-state index in [0.29, 0.717) is 0 Å². The Morgan fingerprint density at radius 2 is 2.31 bits per heavy atom. The summed E-state index contributed by atoms with van der Waals surface area (Å²) < 4.78 is 6.74. The lowest BCUT2D eigenvalue weighted by molar-refractivity contribution is 0.534. The molecular weight excluding hydrogens is 184 g/mol. The van der Waals surface area contributed by atoms with Crippen molar-refractivity contribution in [3.63, 3.8) is 0 Å². The van der Waals surface area contributed by atoms with Crippen LogP contribution in [-0.2, 0) is 6.42 Å². The number of nitrogens with zero attached hydrogens (tertiary/aromatic N) is 1. The molecule has 72 valence electrons. The van der Waals surface area contributed by atoms with Gasteiger partial charge in [-0.1, -0.05) is 19.1 Å². The van der Waals surface area contributed by atoms with Crippen molar-refractivity contribution >= 4 is 12.2 Å². The van der Waals surface area contributed by atoms with E-state index in [1.165, 1.54) is 9.98 Å². The quantitative estimate of drug-likeness (QED) is 0.347. The molecule has 0 amide bonds. The molecule has 0 spiro atoms. The van der Waals surface area contributed by atoms with Crippen molar-refractivity contribution < 1.29 is 4.18 Å². The van der Waals surface area contributed by atoms with Gasteiger partial charge in [0.05, 0.1) is 0 Å². The number of nitrogens with two attached hydrogens (primary N) is 1. The number of rotatable bonds is 4. The van der Waals surface area contributed by atoms with E-state index in [4.69, 9.17) is 10.0 Å². The molecule has 0 aliphatic rings. The van der Waals surface area contributed by atoms with Gasteiger partial charge in [0.2, 0.25) is 0 Å². The number of benzene rings is 1. The predicted octanol–water partition coefficient (Wildman–Crippen LogP) is 2.00. The third kappa shape index (κ3) is 3.67. The van der Waals surface area contributed by atoms with Crippen molar-refractivity contribution in [1.29, 1.82) is 0 Å². The summed E-state index contributed by atoms with van der Waals surface area (Å²) in [5.41, 5.74) is 1.26. The molecule has 2 N–H and O–H groups in total. The first-order chi connectivity index (χ1) is 6.22. The number of aryl methyl sites for hydroxylation is 1. The highest BCUT2D eigenvalue weighted by Crippen LogP contribution is 2.18. The zero-order chi connectivity index (χ0) is 9.68. The molecule has 0 fully saturated rings. The van der Waals surface area contributed by atoms with Crippen LogP contribution in [0, 0.1) is 0 Å². The zero-order valence-corrected chi connectivity index (χ0v) is 8.67. The first-order valence-corrected chi connectivity index (χ1v) is 4.84. The monoisotopic (exact) mass is 198 g/mol. The Kier molecular flexibility index (Phi) is 4.08. The highest BCUT2D eigenvalue weighted by atomic mass is 32.2. The van der Waals surface area contributed by atoms with Gasteiger partial charge in [-0.25, -0.2) is 0 Å². The second kappa shape index (κ2) is 5.11. The molecule has 0 aliphatic carbocycles. The lowest BCUT2D eigenvalue weighted by Crippen LogP contribution is -2.18. The molecule has 1 rings (SSSR count). The van der Waals surface area contributed by atoms with Gasteiger partial charge in [0.1, 0.15) is 5.75 Å². The molecule has 0 aromatic heterocycles. The van der Waals surface area contributed by atoms with Crippen LogP contribution >= 0.6 is 12.2 Å². The van der Waals surface area contributed by atoms with Gasteiger partial charge in [-0.05, 0) is 24.1 Å². The second-order valence-corrected chi connectivity index (χ2v) is 3.60. The summed E-state index contributed by atoms with van der Waals surface area (Å²) in [6, 6.07) is 7.97. The van der Waals surface area contributed by atoms with Gasteiger partial charge in [0.15, 0.2) is 12.2 Å². The Morgan fingerprint density at radius 1 is 1.54 bits per heavy atom. The van der Waals surface area contributed by atoms with Gasteiger partial charge in [-0.3, -0.25) is 5.84 Å². The molecule has 0 bridgehead atoms. The van der Waals surface area contributed by atoms with Crippen LogP contribution in [0.5, 0.6) is 5.75 Å². The van der Waals surface area contributed by atoms with E-state index in [2.05, 4.69) is 13.0 Å². The first kappa shape index (κ1) is 10.4. The lowest BCUT2D eigenvalue weighted by Gasteiger charge is -2.08. The van der Waals surface area contributed by atoms with Gasteiger partial charge >= 0.3 is 0 Å². The van der Waals surface area contributed by atoms with Crippen LogP contribution in [-0.4, -0.2) is 11.5 Å². The van der Waals surface area contributed by atoms with Crippen LogP contribution in [0.2, 0.25) is 0 Å². The second-order valence-electron chi connectivity index (χ2n) is 2.71. The minimum atomic E-state index is 0.835. The van der Waals surface area contributed by atoms with Crippen LogP contribution in [0.15, 0.2) is 24.3 Å². The average Bonchev–Trinajstić information content (AvgIpc) is 2.15. The van der Waals surface area contributed by atoms with Crippen molar-refractivity contribution in [1.82, 2.24) is 4.41 Å². The van der Waals surface area contributed by atoms with Crippen LogP contribution in [0.3, 0.4) is 0 Å². The minimum Gasteiger partial charge on any atom is -0.409 e. The van der Waals surface area contributed by atoms with E-state index in [0.717, 1.165) is 24.4 Å². The molecule has 0 atom stereocenters. The van der Waals surface area contributed by atoms with Gasteiger partial charge in [0, 0.05) is 7.05 Å². The van der Waals surface area contributed by atoms with Crippen molar-refractivity contribution in [2.75, 3.05) is 7.05 Å². The fraction of sp³-hybridized carbons (Fsp3) is 0.333. The van der Waals surface area contributed by atoms with Crippen molar-refractivity contribution in [3.8, 4) is 5.75 Å². The number of hydrogen-bond donors (Lipinski definition) is 1. The third-order valence-electron chi connectivity index (χ3n) is 1.56. The third-order valence-corrected chi connectivity index (χ3v) is 2.06. The Hall–Kier alpha value is -0.710.